The highest BCUT2D eigenvalue weighted by atomic mass is 32.1. The maximum atomic E-state index is 5.27. The van der Waals surface area contributed by atoms with Crippen LogP contribution in [0.1, 0.15) is 0 Å². The fourth-order valence-corrected chi connectivity index (χ4v) is 2.10. The third-order valence-corrected chi connectivity index (χ3v) is 2.87. The zero-order valence-corrected chi connectivity index (χ0v) is 8.53. The van der Waals surface area contributed by atoms with Gasteiger partial charge in [0.15, 0.2) is 16.5 Å². The summed E-state index contributed by atoms with van der Waals surface area (Å²) in [5.41, 5.74) is 0.844. The van der Waals surface area contributed by atoms with E-state index in [-0.39, 0.29) is 0 Å². The quantitative estimate of drug-likeness (QED) is 0.657. The summed E-state index contributed by atoms with van der Waals surface area (Å²) in [5.74, 6) is 1.57. The van der Waals surface area contributed by atoms with Crippen LogP contribution in [0.4, 0.5) is 0 Å². The van der Waals surface area contributed by atoms with Crippen molar-refractivity contribution >= 4 is 11.3 Å². The van der Waals surface area contributed by atoms with Gasteiger partial charge < -0.3 is 8.83 Å². The molecule has 0 saturated heterocycles. The number of thiazole rings is 1. The van der Waals surface area contributed by atoms with Crippen molar-refractivity contribution in [3.63, 3.8) is 0 Å². The van der Waals surface area contributed by atoms with Crippen LogP contribution in [-0.4, -0.2) is 4.98 Å². The summed E-state index contributed by atoms with van der Waals surface area (Å²) in [6.07, 6.45) is 3.28. The van der Waals surface area contributed by atoms with Crippen LogP contribution in [0.5, 0.6) is 0 Å². The molecule has 0 aliphatic heterocycles. The van der Waals surface area contributed by atoms with Crippen LogP contribution in [0, 0.1) is 0 Å². The molecule has 3 rings (SSSR count). The van der Waals surface area contributed by atoms with Crippen LogP contribution < -0.4 is 0 Å². The third-order valence-electron chi connectivity index (χ3n) is 2.01. The van der Waals surface area contributed by atoms with Gasteiger partial charge in [-0.2, -0.15) is 0 Å². The Morgan fingerprint density at radius 3 is 2.40 bits per heavy atom. The summed E-state index contributed by atoms with van der Waals surface area (Å²) in [6, 6.07) is 7.48. The number of aromatic nitrogens is 1. The van der Waals surface area contributed by atoms with E-state index in [4.69, 9.17) is 8.83 Å². The molecule has 74 valence electrons. The van der Waals surface area contributed by atoms with Crippen LogP contribution in [-0.2, 0) is 0 Å². The van der Waals surface area contributed by atoms with Gasteiger partial charge in [0.2, 0.25) is 0 Å². The third kappa shape index (κ3) is 1.49. The van der Waals surface area contributed by atoms with E-state index in [1.54, 1.807) is 23.9 Å². The maximum Gasteiger partial charge on any atom is 0.162 e. The van der Waals surface area contributed by atoms with Crippen molar-refractivity contribution in [1.29, 1.82) is 0 Å². The van der Waals surface area contributed by atoms with E-state index in [1.807, 2.05) is 29.6 Å². The Balaban J connectivity index is 2.02. The van der Waals surface area contributed by atoms with E-state index >= 15 is 0 Å². The summed E-state index contributed by atoms with van der Waals surface area (Å²) in [4.78, 5) is 4.43. The predicted octanol–water partition coefficient (Wildman–Crippen LogP) is 3.66. The second-order valence-corrected chi connectivity index (χ2v) is 3.85. The molecule has 0 aliphatic carbocycles. The van der Waals surface area contributed by atoms with Gasteiger partial charge in [0, 0.05) is 5.38 Å². The Labute approximate surface area is 90.0 Å². The van der Waals surface area contributed by atoms with Crippen molar-refractivity contribution in [2.24, 2.45) is 0 Å². The Kier molecular flexibility index (Phi) is 1.93. The Morgan fingerprint density at radius 2 is 1.73 bits per heavy atom. The molecule has 0 bridgehead atoms. The first-order chi connectivity index (χ1) is 7.43. The zero-order chi connectivity index (χ0) is 10.1. The van der Waals surface area contributed by atoms with E-state index in [1.165, 1.54) is 0 Å². The second-order valence-electron chi connectivity index (χ2n) is 2.99. The normalized spacial score (nSPS) is 10.7. The van der Waals surface area contributed by atoms with Crippen LogP contribution in [0.25, 0.3) is 22.2 Å². The highest BCUT2D eigenvalue weighted by molar-refractivity contribution is 7.13. The van der Waals surface area contributed by atoms with Gasteiger partial charge in [-0.15, -0.1) is 11.3 Å². The number of furan rings is 2. The lowest BCUT2D eigenvalue weighted by Gasteiger charge is -1.88. The summed E-state index contributed by atoms with van der Waals surface area (Å²) >= 11 is 1.54. The Hall–Kier alpha value is -1.81. The molecule has 0 unspecified atom stereocenters. The first kappa shape index (κ1) is 8.49. The molecule has 4 heteroatoms. The van der Waals surface area contributed by atoms with Gasteiger partial charge in [0.25, 0.3) is 0 Å². The lowest BCUT2D eigenvalue weighted by Crippen LogP contribution is -1.74. The summed E-state index contributed by atoms with van der Waals surface area (Å²) < 4.78 is 10.5. The summed E-state index contributed by atoms with van der Waals surface area (Å²) in [5, 5.41) is 2.82. The molecule has 0 atom stereocenters. The van der Waals surface area contributed by atoms with Gasteiger partial charge in [-0.25, -0.2) is 4.98 Å². The topological polar surface area (TPSA) is 39.2 Å². The Morgan fingerprint density at radius 1 is 1.00 bits per heavy atom. The number of rotatable bonds is 2. The van der Waals surface area contributed by atoms with Gasteiger partial charge in [-0.1, -0.05) is 0 Å². The highest BCUT2D eigenvalue weighted by Crippen LogP contribution is 2.28. The maximum absolute atomic E-state index is 5.27. The fourth-order valence-electron chi connectivity index (χ4n) is 1.32. The summed E-state index contributed by atoms with van der Waals surface area (Å²) in [7, 11) is 0. The minimum absolute atomic E-state index is 0.782. The van der Waals surface area contributed by atoms with Gasteiger partial charge >= 0.3 is 0 Å². The van der Waals surface area contributed by atoms with Crippen molar-refractivity contribution < 1.29 is 8.83 Å². The fraction of sp³-hybridized carbons (Fsp3) is 0. The van der Waals surface area contributed by atoms with Crippen molar-refractivity contribution in [1.82, 2.24) is 4.98 Å². The molecule has 0 N–H and O–H groups in total. The van der Waals surface area contributed by atoms with Crippen LogP contribution in [0.15, 0.2) is 51.0 Å². The van der Waals surface area contributed by atoms with Crippen LogP contribution >= 0.6 is 11.3 Å². The average molecular weight is 217 g/mol. The molecule has 0 radical (unpaired) electrons. The molecule has 15 heavy (non-hydrogen) atoms. The number of nitrogens with zero attached hydrogens (tertiary/aromatic N) is 1. The highest BCUT2D eigenvalue weighted by Gasteiger charge is 2.09. The summed E-state index contributed by atoms with van der Waals surface area (Å²) in [6.45, 7) is 0. The zero-order valence-electron chi connectivity index (χ0n) is 7.71. The smallest absolute Gasteiger partial charge is 0.162 e. The molecular weight excluding hydrogens is 210 g/mol. The molecule has 0 saturated carbocycles. The monoisotopic (exact) mass is 217 g/mol. The molecule has 0 aromatic carbocycles. The predicted molar refractivity (Wildman–Crippen MR) is 57.5 cm³/mol. The lowest BCUT2D eigenvalue weighted by atomic mass is 10.4. The van der Waals surface area contributed by atoms with Crippen molar-refractivity contribution in [3.8, 4) is 22.2 Å². The lowest BCUT2D eigenvalue weighted by molar-refractivity contribution is 0.578. The van der Waals surface area contributed by atoms with E-state index in [0.29, 0.717) is 0 Å². The van der Waals surface area contributed by atoms with Crippen molar-refractivity contribution in [3.05, 3.63) is 42.2 Å². The van der Waals surface area contributed by atoms with E-state index < -0.39 is 0 Å². The molecule has 3 aromatic rings. The van der Waals surface area contributed by atoms with E-state index in [0.717, 1.165) is 22.2 Å². The van der Waals surface area contributed by atoms with Crippen LogP contribution in [0.2, 0.25) is 0 Å². The van der Waals surface area contributed by atoms with Gasteiger partial charge in [0.05, 0.1) is 12.5 Å². The number of hydrogen-bond acceptors (Lipinski definition) is 4. The van der Waals surface area contributed by atoms with Crippen LogP contribution in [0.3, 0.4) is 0 Å². The van der Waals surface area contributed by atoms with Gasteiger partial charge in [-0.3, -0.25) is 0 Å². The van der Waals surface area contributed by atoms with E-state index in [9.17, 15) is 0 Å². The van der Waals surface area contributed by atoms with Crippen molar-refractivity contribution in [2.45, 2.75) is 0 Å². The molecule has 0 spiro atoms. The SMILES string of the molecule is c1coc(-c2csc(-c3ccco3)n2)c1. The molecule has 3 aromatic heterocycles. The molecule has 0 fully saturated rings. The molecule has 0 amide bonds. The van der Waals surface area contributed by atoms with E-state index in [2.05, 4.69) is 4.98 Å². The molecular formula is C11H7NO2S. The first-order valence-electron chi connectivity index (χ1n) is 4.47. The Bertz CT molecular complexity index is 488. The van der Waals surface area contributed by atoms with Gasteiger partial charge in [0.1, 0.15) is 5.69 Å². The minimum Gasteiger partial charge on any atom is -0.463 e. The molecule has 3 nitrogen and oxygen atoms in total. The standard InChI is InChI=1S/C11H7NO2S/c1-3-9(13-5-1)8-7-15-11(12-8)10-4-2-6-14-10/h1-7H. The largest absolute Gasteiger partial charge is 0.463 e. The minimum atomic E-state index is 0.782. The number of hydrogen-bond donors (Lipinski definition) is 0. The average Bonchev–Trinajstić information content (AvgIpc) is 3.02. The second kappa shape index (κ2) is 3.40. The van der Waals surface area contributed by atoms with Crippen molar-refractivity contribution in [2.75, 3.05) is 0 Å². The first-order valence-corrected chi connectivity index (χ1v) is 5.35. The molecule has 0 aliphatic rings. The molecule has 3 heterocycles. The van der Waals surface area contributed by atoms with Gasteiger partial charge in [-0.05, 0) is 24.3 Å².